The smallest absolute Gasteiger partial charge is 1.00 e. The molecule has 0 N–H and O–H groups in total. The van der Waals surface area contributed by atoms with Gasteiger partial charge in [-0.3, -0.25) is 0 Å². The molecular weight excluding hydrogens is 541 g/mol. The quantitative estimate of drug-likeness (QED) is 0.234. The summed E-state index contributed by atoms with van der Waals surface area (Å²) in [6.07, 6.45) is 2.44. The summed E-state index contributed by atoms with van der Waals surface area (Å²) in [7, 11) is 1.08. The van der Waals surface area contributed by atoms with Crippen LogP contribution in [0.15, 0.2) is 36.4 Å². The summed E-state index contributed by atoms with van der Waals surface area (Å²) in [4.78, 5) is 0. The Hall–Kier alpha value is 1.39. The minimum Gasteiger partial charge on any atom is -1.00 e. The van der Waals surface area contributed by atoms with E-state index in [0.29, 0.717) is 0 Å². The Balaban J connectivity index is -0.000000345. The van der Waals surface area contributed by atoms with Gasteiger partial charge in [-0.05, 0) is 6.42 Å². The van der Waals surface area contributed by atoms with Crippen LogP contribution in [-0.4, -0.2) is 9.52 Å². The van der Waals surface area contributed by atoms with Gasteiger partial charge in [-0.15, -0.1) is 40.6 Å². The summed E-state index contributed by atoms with van der Waals surface area (Å²) in [5.41, 5.74) is 1.47. The summed E-state index contributed by atoms with van der Waals surface area (Å²) >= 11 is 0. The summed E-state index contributed by atoms with van der Waals surface area (Å²) < 4.78 is 0. The van der Waals surface area contributed by atoms with Crippen LogP contribution in [0.3, 0.4) is 0 Å². The number of halogens is 2. The van der Waals surface area contributed by atoms with E-state index < -0.39 is 0 Å². The molecule has 0 aliphatic carbocycles. The molecule has 0 bridgehead atoms. The van der Waals surface area contributed by atoms with E-state index in [2.05, 4.69) is 56.4 Å². The minimum absolute atomic E-state index is 0. The van der Waals surface area contributed by atoms with Gasteiger partial charge in [0.1, 0.15) is 0 Å². The van der Waals surface area contributed by atoms with E-state index in [9.17, 15) is 0 Å². The van der Waals surface area contributed by atoms with E-state index in [1.807, 2.05) is 0 Å². The molecule has 0 aliphatic heterocycles. The predicted molar refractivity (Wildman–Crippen MR) is 71.0 cm³/mol. The number of fused-ring (bicyclic) bond motifs is 1. The van der Waals surface area contributed by atoms with E-state index in [1.54, 1.807) is 0 Å². The summed E-state index contributed by atoms with van der Waals surface area (Å²) in [6.45, 7) is 6.53. The monoisotopic (exact) mass is 559 g/mol. The second-order valence-electron chi connectivity index (χ2n) is 3.74. The summed E-state index contributed by atoms with van der Waals surface area (Å²) in [5.74, 6) is 0. The Kier molecular flexibility index (Phi) is 20.1. The Morgan fingerprint density at radius 2 is 1.67 bits per heavy atom. The maximum atomic E-state index is 2.29. The maximum absolute atomic E-state index is 2.29. The molecule has 0 saturated heterocycles. The zero-order valence-electron chi connectivity index (χ0n) is 11.1. The van der Waals surface area contributed by atoms with E-state index in [1.165, 1.54) is 29.2 Å². The molecule has 2 aromatic rings. The molecule has 18 heavy (non-hydrogen) atoms. The number of hydrogen-bond donors (Lipinski definition) is 0. The Morgan fingerprint density at radius 1 is 1.11 bits per heavy atom. The molecule has 0 amide bonds. The van der Waals surface area contributed by atoms with Gasteiger partial charge in [-0.1, -0.05) is 32.5 Å². The fourth-order valence-electron chi connectivity index (χ4n) is 1.65. The fourth-order valence-corrected chi connectivity index (χ4v) is 1.65. The maximum Gasteiger partial charge on any atom is 3.00 e. The van der Waals surface area contributed by atoms with E-state index >= 15 is 0 Å². The van der Waals surface area contributed by atoms with Crippen molar-refractivity contribution in [1.82, 2.24) is 0 Å². The molecule has 0 spiro atoms. The topological polar surface area (TPSA) is 0 Å². The molecule has 4 heteroatoms. The van der Waals surface area contributed by atoms with Crippen molar-refractivity contribution in [2.24, 2.45) is 0 Å². The third-order valence-corrected chi connectivity index (χ3v) is 2.22. The van der Waals surface area contributed by atoms with Crippen LogP contribution in [0.2, 0.25) is 13.1 Å². The van der Waals surface area contributed by atoms with Crippen LogP contribution < -0.4 is 48.0 Å². The van der Waals surface area contributed by atoms with Crippen LogP contribution >= 0.6 is 0 Å². The van der Waals surface area contributed by atoms with Gasteiger partial charge in [0.05, 0.1) is 0 Å². The first kappa shape index (κ1) is 24.4. The van der Waals surface area contributed by atoms with Crippen LogP contribution in [0.4, 0.5) is 0 Å². The summed E-state index contributed by atoms with van der Waals surface area (Å²) in [6, 6.07) is 13.1. The van der Waals surface area contributed by atoms with Gasteiger partial charge in [-0.25, -0.2) is 0 Å². The molecule has 0 aliphatic rings. The van der Waals surface area contributed by atoms with Crippen LogP contribution in [0.25, 0.3) is 10.8 Å². The van der Waals surface area contributed by atoms with Gasteiger partial charge in [0.25, 0.3) is 0 Å². The molecular formula is C14H19I2SiZr. The zero-order chi connectivity index (χ0) is 11.1. The molecule has 2 aromatic carbocycles. The minimum atomic E-state index is 0. The van der Waals surface area contributed by atoms with Gasteiger partial charge in [-0.2, -0.15) is 6.07 Å². The van der Waals surface area contributed by atoms with Crippen molar-refractivity contribution in [3.63, 3.8) is 0 Å². The molecule has 0 unspecified atom stereocenters. The molecule has 0 nitrogen and oxygen atoms in total. The molecule has 0 atom stereocenters. The molecule has 0 fully saturated rings. The molecule has 2 rings (SSSR count). The SMILES string of the molecule is CCCc1cc2ccccc2[cH-]1.C[Si]C.[I-].[I-].[Zr+3]. The second kappa shape index (κ2) is 14.8. The van der Waals surface area contributed by atoms with Crippen molar-refractivity contribution < 1.29 is 74.2 Å². The van der Waals surface area contributed by atoms with Gasteiger partial charge in [0, 0.05) is 9.52 Å². The molecule has 0 saturated carbocycles. The molecule has 0 heterocycles. The van der Waals surface area contributed by atoms with Crippen molar-refractivity contribution >= 4 is 20.3 Å². The molecule has 97 valence electrons. The van der Waals surface area contributed by atoms with Gasteiger partial charge < -0.3 is 48.0 Å². The predicted octanol–water partition coefficient (Wildman–Crippen LogP) is -1.70. The van der Waals surface area contributed by atoms with Gasteiger partial charge in [0.15, 0.2) is 0 Å². The Bertz CT molecular complexity index is 368. The number of hydrogen-bond acceptors (Lipinski definition) is 0. The largest absolute Gasteiger partial charge is 3.00 e. The van der Waals surface area contributed by atoms with Crippen LogP contribution in [0, 0.1) is 0 Å². The van der Waals surface area contributed by atoms with Crippen LogP contribution in [0.5, 0.6) is 0 Å². The first-order valence-corrected chi connectivity index (χ1v) is 7.54. The fraction of sp³-hybridized carbons (Fsp3) is 0.357. The third kappa shape index (κ3) is 8.54. The average molecular weight is 560 g/mol. The van der Waals surface area contributed by atoms with E-state index in [0.717, 1.165) is 9.52 Å². The van der Waals surface area contributed by atoms with E-state index in [4.69, 9.17) is 0 Å². The second-order valence-corrected chi connectivity index (χ2v) is 4.74. The molecule has 3 radical (unpaired) electrons. The van der Waals surface area contributed by atoms with Crippen molar-refractivity contribution in [3.8, 4) is 0 Å². The third-order valence-electron chi connectivity index (χ3n) is 2.22. The molecule has 0 aromatic heterocycles. The van der Waals surface area contributed by atoms with Crippen LogP contribution in [0.1, 0.15) is 18.9 Å². The average Bonchev–Trinajstić information content (AvgIpc) is 2.61. The Morgan fingerprint density at radius 3 is 2.17 bits per heavy atom. The van der Waals surface area contributed by atoms with Crippen molar-refractivity contribution in [2.75, 3.05) is 0 Å². The van der Waals surface area contributed by atoms with Crippen molar-refractivity contribution in [3.05, 3.63) is 42.0 Å². The van der Waals surface area contributed by atoms with E-state index in [-0.39, 0.29) is 74.2 Å². The van der Waals surface area contributed by atoms with Crippen molar-refractivity contribution in [1.29, 1.82) is 0 Å². The first-order valence-electron chi connectivity index (χ1n) is 5.54. The number of rotatable bonds is 2. The first-order chi connectivity index (χ1) is 7.31. The van der Waals surface area contributed by atoms with Crippen molar-refractivity contribution in [2.45, 2.75) is 32.9 Å². The van der Waals surface area contributed by atoms with Gasteiger partial charge >= 0.3 is 26.2 Å². The normalized spacial score (nSPS) is 8.17. The summed E-state index contributed by atoms with van der Waals surface area (Å²) in [5, 5.41) is 2.75. The standard InChI is InChI=1S/C12H13.C2H6Si.2HI.Zr/c1-2-5-10-8-11-6-3-4-7-12(11)9-10;1-3-2;;;/h3-4,6-9H,2,5H2,1H3;1-2H3;2*1H;/q-1;;;;+3/p-2. The zero-order valence-corrected chi connectivity index (χ0v) is 18.9. The van der Waals surface area contributed by atoms with Gasteiger partial charge in [0.2, 0.25) is 0 Å². The van der Waals surface area contributed by atoms with Crippen LogP contribution in [-0.2, 0) is 32.6 Å². The number of benzene rings is 1. The number of aryl methyl sites for hydroxylation is 1. The Labute approximate surface area is 167 Å².